The van der Waals surface area contributed by atoms with Crippen molar-refractivity contribution >= 4 is 17.3 Å². The van der Waals surface area contributed by atoms with Crippen LogP contribution in [0, 0.1) is 17.0 Å². The standard InChI is InChI=1S/C12H10ClN3O4/c1-7-3-4-8(16(17)18)5-9(7)20-12-10(19-2)11(13)14-6-15-12/h3-6H,1-2H3. The number of halogens is 1. The van der Waals surface area contributed by atoms with Gasteiger partial charge in [-0.1, -0.05) is 11.6 Å². The summed E-state index contributed by atoms with van der Waals surface area (Å²) in [4.78, 5) is 17.9. The summed E-state index contributed by atoms with van der Waals surface area (Å²) in [5, 5.41) is 10.9. The van der Waals surface area contributed by atoms with Crippen LogP contribution in [0.25, 0.3) is 0 Å². The molecule has 0 aliphatic carbocycles. The molecular formula is C12H10ClN3O4. The molecule has 104 valence electrons. The van der Waals surface area contributed by atoms with Crippen molar-refractivity contribution in [2.75, 3.05) is 7.11 Å². The van der Waals surface area contributed by atoms with Crippen LogP contribution in [0.15, 0.2) is 24.5 Å². The van der Waals surface area contributed by atoms with Gasteiger partial charge in [0.05, 0.1) is 18.1 Å². The third-order valence-corrected chi connectivity index (χ3v) is 2.79. The first-order valence-electron chi connectivity index (χ1n) is 5.50. The van der Waals surface area contributed by atoms with E-state index in [0.29, 0.717) is 11.3 Å². The Hall–Kier alpha value is -2.41. The summed E-state index contributed by atoms with van der Waals surface area (Å²) >= 11 is 5.85. The largest absolute Gasteiger partial charge is 0.489 e. The van der Waals surface area contributed by atoms with Gasteiger partial charge in [0.15, 0.2) is 5.15 Å². The highest BCUT2D eigenvalue weighted by Crippen LogP contribution is 2.35. The Balaban J connectivity index is 2.42. The molecule has 0 N–H and O–H groups in total. The van der Waals surface area contributed by atoms with Gasteiger partial charge in [-0.3, -0.25) is 10.1 Å². The zero-order valence-electron chi connectivity index (χ0n) is 10.7. The van der Waals surface area contributed by atoms with Crippen molar-refractivity contribution in [2.45, 2.75) is 6.92 Å². The maximum absolute atomic E-state index is 10.8. The van der Waals surface area contributed by atoms with E-state index in [1.807, 2.05) is 0 Å². The molecule has 0 bridgehead atoms. The molecule has 0 atom stereocenters. The van der Waals surface area contributed by atoms with Gasteiger partial charge in [-0.05, 0) is 18.6 Å². The predicted octanol–water partition coefficient (Wildman–Crippen LogP) is 3.15. The number of hydrogen-bond acceptors (Lipinski definition) is 6. The highest BCUT2D eigenvalue weighted by Gasteiger charge is 2.16. The van der Waals surface area contributed by atoms with E-state index in [9.17, 15) is 10.1 Å². The number of benzene rings is 1. The highest BCUT2D eigenvalue weighted by molar-refractivity contribution is 6.31. The molecule has 1 aromatic carbocycles. The average molecular weight is 296 g/mol. The predicted molar refractivity (Wildman–Crippen MR) is 71.5 cm³/mol. The topological polar surface area (TPSA) is 87.4 Å². The van der Waals surface area contributed by atoms with Crippen molar-refractivity contribution in [2.24, 2.45) is 0 Å². The number of aryl methyl sites for hydroxylation is 1. The fraction of sp³-hybridized carbons (Fsp3) is 0.167. The van der Waals surface area contributed by atoms with Crippen LogP contribution < -0.4 is 9.47 Å². The number of nitro benzene ring substituents is 1. The van der Waals surface area contributed by atoms with Crippen molar-refractivity contribution in [3.63, 3.8) is 0 Å². The van der Waals surface area contributed by atoms with Gasteiger partial charge < -0.3 is 9.47 Å². The average Bonchev–Trinajstić information content (AvgIpc) is 2.41. The molecular weight excluding hydrogens is 286 g/mol. The maximum Gasteiger partial charge on any atom is 0.273 e. The third-order valence-electron chi connectivity index (χ3n) is 2.52. The fourth-order valence-electron chi connectivity index (χ4n) is 1.50. The molecule has 0 saturated heterocycles. The number of ether oxygens (including phenoxy) is 2. The number of methoxy groups -OCH3 is 1. The van der Waals surface area contributed by atoms with E-state index in [2.05, 4.69) is 9.97 Å². The van der Waals surface area contributed by atoms with Crippen LogP contribution in [0.3, 0.4) is 0 Å². The zero-order valence-corrected chi connectivity index (χ0v) is 11.4. The van der Waals surface area contributed by atoms with Gasteiger partial charge in [0.1, 0.15) is 12.1 Å². The molecule has 0 unspecified atom stereocenters. The lowest BCUT2D eigenvalue weighted by Crippen LogP contribution is -1.97. The molecule has 0 aliphatic heterocycles. The van der Waals surface area contributed by atoms with Crippen molar-refractivity contribution < 1.29 is 14.4 Å². The van der Waals surface area contributed by atoms with Gasteiger partial charge in [-0.25, -0.2) is 4.98 Å². The third kappa shape index (κ3) is 2.77. The van der Waals surface area contributed by atoms with Gasteiger partial charge >= 0.3 is 0 Å². The fourth-order valence-corrected chi connectivity index (χ4v) is 1.70. The molecule has 2 aromatic rings. The zero-order chi connectivity index (χ0) is 14.7. The van der Waals surface area contributed by atoms with Crippen LogP contribution in [0.2, 0.25) is 5.15 Å². The van der Waals surface area contributed by atoms with Crippen LogP contribution in [-0.2, 0) is 0 Å². The van der Waals surface area contributed by atoms with E-state index in [-0.39, 0.29) is 22.5 Å². The number of nitro groups is 1. The first-order valence-corrected chi connectivity index (χ1v) is 5.88. The lowest BCUT2D eigenvalue weighted by molar-refractivity contribution is -0.384. The van der Waals surface area contributed by atoms with Crippen LogP contribution in [0.4, 0.5) is 5.69 Å². The summed E-state index contributed by atoms with van der Waals surface area (Å²) in [5.74, 6) is 0.559. The Morgan fingerprint density at radius 2 is 2.10 bits per heavy atom. The minimum absolute atomic E-state index is 0.0790. The van der Waals surface area contributed by atoms with Crippen LogP contribution in [0.5, 0.6) is 17.4 Å². The van der Waals surface area contributed by atoms with E-state index in [1.165, 1.54) is 25.6 Å². The van der Waals surface area contributed by atoms with Gasteiger partial charge in [0, 0.05) is 6.07 Å². The summed E-state index contributed by atoms with van der Waals surface area (Å²) in [6, 6.07) is 4.29. The molecule has 0 radical (unpaired) electrons. The molecule has 20 heavy (non-hydrogen) atoms. The Bertz CT molecular complexity index is 663. The van der Waals surface area contributed by atoms with Crippen molar-refractivity contribution in [1.29, 1.82) is 0 Å². The second kappa shape index (κ2) is 5.70. The lowest BCUT2D eigenvalue weighted by Gasteiger charge is -2.11. The Labute approximate surface area is 119 Å². The molecule has 1 heterocycles. The van der Waals surface area contributed by atoms with E-state index in [4.69, 9.17) is 21.1 Å². The first kappa shape index (κ1) is 14.0. The summed E-state index contributed by atoms with van der Waals surface area (Å²) in [6.45, 7) is 1.76. The molecule has 0 amide bonds. The van der Waals surface area contributed by atoms with Gasteiger partial charge in [0.25, 0.3) is 11.6 Å². The van der Waals surface area contributed by atoms with Gasteiger partial charge in [-0.15, -0.1) is 0 Å². The van der Waals surface area contributed by atoms with Gasteiger partial charge in [-0.2, -0.15) is 4.98 Å². The summed E-state index contributed by atoms with van der Waals surface area (Å²) < 4.78 is 10.6. The van der Waals surface area contributed by atoms with E-state index >= 15 is 0 Å². The maximum atomic E-state index is 10.8. The number of rotatable bonds is 4. The number of hydrogen-bond donors (Lipinski definition) is 0. The Morgan fingerprint density at radius 3 is 2.75 bits per heavy atom. The van der Waals surface area contributed by atoms with Crippen molar-refractivity contribution in [3.8, 4) is 17.4 Å². The molecule has 7 nitrogen and oxygen atoms in total. The van der Waals surface area contributed by atoms with Crippen molar-refractivity contribution in [3.05, 3.63) is 45.4 Å². The second-order valence-electron chi connectivity index (χ2n) is 3.81. The molecule has 8 heteroatoms. The van der Waals surface area contributed by atoms with Gasteiger partial charge in [0.2, 0.25) is 5.75 Å². The molecule has 0 aliphatic rings. The first-order chi connectivity index (χ1) is 9.52. The Kier molecular flexibility index (Phi) is 3.99. The monoisotopic (exact) mass is 295 g/mol. The van der Waals surface area contributed by atoms with E-state index in [0.717, 1.165) is 0 Å². The molecule has 0 saturated carbocycles. The van der Waals surface area contributed by atoms with E-state index < -0.39 is 4.92 Å². The van der Waals surface area contributed by atoms with Crippen molar-refractivity contribution in [1.82, 2.24) is 9.97 Å². The SMILES string of the molecule is COc1c(Cl)ncnc1Oc1cc([N+](=O)[O-])ccc1C. The minimum atomic E-state index is -0.503. The Morgan fingerprint density at radius 1 is 1.35 bits per heavy atom. The van der Waals surface area contributed by atoms with Crippen LogP contribution in [0.1, 0.15) is 5.56 Å². The van der Waals surface area contributed by atoms with Crippen LogP contribution >= 0.6 is 11.6 Å². The summed E-state index contributed by atoms with van der Waals surface area (Å²) in [5.41, 5.74) is 0.636. The van der Waals surface area contributed by atoms with Crippen LogP contribution in [-0.4, -0.2) is 22.0 Å². The summed E-state index contributed by atoms with van der Waals surface area (Å²) in [7, 11) is 1.40. The normalized spacial score (nSPS) is 10.2. The van der Waals surface area contributed by atoms with E-state index in [1.54, 1.807) is 13.0 Å². The number of nitrogens with zero attached hydrogens (tertiary/aromatic N) is 3. The second-order valence-corrected chi connectivity index (χ2v) is 4.17. The lowest BCUT2D eigenvalue weighted by atomic mass is 10.2. The smallest absolute Gasteiger partial charge is 0.273 e. The molecule has 0 spiro atoms. The molecule has 0 fully saturated rings. The number of non-ortho nitro benzene ring substituents is 1. The summed E-state index contributed by atoms with van der Waals surface area (Å²) in [6.07, 6.45) is 1.22. The quantitative estimate of drug-likeness (QED) is 0.489. The highest BCUT2D eigenvalue weighted by atomic mass is 35.5. The molecule has 1 aromatic heterocycles. The minimum Gasteiger partial charge on any atom is -0.489 e. The number of aromatic nitrogens is 2. The molecule has 2 rings (SSSR count).